The Morgan fingerprint density at radius 3 is 2.62 bits per heavy atom. The van der Waals surface area contributed by atoms with Crippen LogP contribution in [0.4, 0.5) is 4.39 Å². The van der Waals surface area contributed by atoms with Crippen LogP contribution in [0.15, 0.2) is 22.7 Å². The lowest BCUT2D eigenvalue weighted by atomic mass is 9.98. The van der Waals surface area contributed by atoms with Gasteiger partial charge in [-0.1, -0.05) is 13.0 Å². The van der Waals surface area contributed by atoms with Crippen LogP contribution in [0.25, 0.3) is 0 Å². The van der Waals surface area contributed by atoms with Gasteiger partial charge in [-0.05, 0) is 73.1 Å². The molecule has 1 heterocycles. The van der Waals surface area contributed by atoms with Crippen molar-refractivity contribution in [2.24, 2.45) is 5.73 Å². The van der Waals surface area contributed by atoms with Gasteiger partial charge in [-0.2, -0.15) is 0 Å². The summed E-state index contributed by atoms with van der Waals surface area (Å²) in [6.45, 7) is 6.18. The minimum Gasteiger partial charge on any atom is -0.329 e. The Balaban J connectivity index is 2.08. The molecule has 1 aliphatic heterocycles. The number of likely N-dealkylation sites (N-methyl/N-ethyl adjacent to an activating group) is 1. The molecule has 1 saturated heterocycles. The number of hydrogen-bond acceptors (Lipinski definition) is 3. The lowest BCUT2D eigenvalue weighted by molar-refractivity contribution is 0.101. The first kappa shape index (κ1) is 16.9. The second-order valence-corrected chi connectivity index (χ2v) is 6.61. The Kier molecular flexibility index (Phi) is 6.17. The van der Waals surface area contributed by atoms with Gasteiger partial charge >= 0.3 is 0 Å². The second-order valence-electron chi connectivity index (χ2n) is 5.76. The van der Waals surface area contributed by atoms with Crippen LogP contribution < -0.4 is 5.73 Å². The van der Waals surface area contributed by atoms with Gasteiger partial charge in [0.15, 0.2) is 0 Å². The number of benzene rings is 1. The smallest absolute Gasteiger partial charge is 0.137 e. The number of nitrogens with zero attached hydrogens (tertiary/aromatic N) is 2. The first-order valence-corrected chi connectivity index (χ1v) is 8.45. The van der Waals surface area contributed by atoms with Gasteiger partial charge in [-0.3, -0.25) is 4.90 Å². The van der Waals surface area contributed by atoms with Crippen molar-refractivity contribution in [2.75, 3.05) is 33.2 Å². The quantitative estimate of drug-likeness (QED) is 0.878. The lowest BCUT2D eigenvalue weighted by Crippen LogP contribution is -2.45. The largest absolute Gasteiger partial charge is 0.329 e. The molecule has 1 unspecified atom stereocenters. The number of halogens is 2. The van der Waals surface area contributed by atoms with E-state index in [2.05, 4.69) is 39.7 Å². The molecule has 2 rings (SSSR count). The Hall–Kier alpha value is -0.490. The van der Waals surface area contributed by atoms with Crippen LogP contribution in [0.2, 0.25) is 0 Å². The molecule has 21 heavy (non-hydrogen) atoms. The molecule has 0 spiro atoms. The summed E-state index contributed by atoms with van der Waals surface area (Å²) in [7, 11) is 2.14. The highest BCUT2D eigenvalue weighted by Gasteiger charge is 2.27. The molecule has 118 valence electrons. The molecule has 1 fully saturated rings. The predicted octanol–water partition coefficient (Wildman–Crippen LogP) is 3.00. The molecule has 0 saturated carbocycles. The number of likely N-dealkylation sites (tertiary alicyclic amines) is 1. The van der Waals surface area contributed by atoms with Crippen molar-refractivity contribution >= 4 is 15.9 Å². The van der Waals surface area contributed by atoms with E-state index in [1.807, 2.05) is 12.1 Å². The third-order valence-electron chi connectivity index (χ3n) is 4.62. The van der Waals surface area contributed by atoms with Gasteiger partial charge in [0, 0.05) is 18.6 Å². The van der Waals surface area contributed by atoms with E-state index in [4.69, 9.17) is 5.73 Å². The summed E-state index contributed by atoms with van der Waals surface area (Å²) in [6.07, 6.45) is 2.34. The van der Waals surface area contributed by atoms with E-state index >= 15 is 0 Å². The van der Waals surface area contributed by atoms with Crippen LogP contribution in [-0.4, -0.2) is 49.1 Å². The van der Waals surface area contributed by atoms with Crippen molar-refractivity contribution in [3.8, 4) is 0 Å². The van der Waals surface area contributed by atoms with Crippen molar-refractivity contribution < 1.29 is 4.39 Å². The predicted molar refractivity (Wildman–Crippen MR) is 88.8 cm³/mol. The SMILES string of the molecule is CCN1CCC(N(C)C(CN)c2ccc(F)c(Br)c2)CC1. The molecular formula is C16H25BrFN3. The molecule has 0 aromatic heterocycles. The highest BCUT2D eigenvalue weighted by atomic mass is 79.9. The summed E-state index contributed by atoms with van der Waals surface area (Å²) in [4.78, 5) is 4.85. The van der Waals surface area contributed by atoms with Gasteiger partial charge in [0.05, 0.1) is 4.47 Å². The maximum atomic E-state index is 13.4. The fourth-order valence-corrected chi connectivity index (χ4v) is 3.55. The second kappa shape index (κ2) is 7.68. The molecule has 0 bridgehead atoms. The Labute approximate surface area is 135 Å². The normalized spacial score (nSPS) is 19.1. The van der Waals surface area contributed by atoms with Gasteiger partial charge in [0.1, 0.15) is 5.82 Å². The highest BCUT2D eigenvalue weighted by molar-refractivity contribution is 9.10. The van der Waals surface area contributed by atoms with Gasteiger partial charge in [-0.15, -0.1) is 0 Å². The number of piperidine rings is 1. The third-order valence-corrected chi connectivity index (χ3v) is 5.23. The molecule has 1 aromatic rings. The molecule has 2 N–H and O–H groups in total. The Morgan fingerprint density at radius 2 is 2.10 bits per heavy atom. The monoisotopic (exact) mass is 357 g/mol. The summed E-state index contributed by atoms with van der Waals surface area (Å²) < 4.78 is 13.9. The Morgan fingerprint density at radius 1 is 1.43 bits per heavy atom. The van der Waals surface area contributed by atoms with E-state index in [9.17, 15) is 4.39 Å². The summed E-state index contributed by atoms with van der Waals surface area (Å²) in [5, 5.41) is 0. The molecule has 3 nitrogen and oxygen atoms in total. The summed E-state index contributed by atoms with van der Waals surface area (Å²) in [6, 6.07) is 5.89. The number of nitrogens with two attached hydrogens (primary N) is 1. The Bertz CT molecular complexity index is 461. The standard InChI is InChI=1S/C16H25BrFN3/c1-3-21-8-6-13(7-9-21)20(2)16(11-19)12-4-5-15(18)14(17)10-12/h4-5,10,13,16H,3,6-9,11,19H2,1-2H3. The van der Waals surface area contributed by atoms with E-state index in [0.29, 0.717) is 17.1 Å². The molecule has 1 atom stereocenters. The maximum absolute atomic E-state index is 13.4. The van der Waals surface area contributed by atoms with Crippen LogP contribution in [0.1, 0.15) is 31.4 Å². The number of rotatable bonds is 5. The fraction of sp³-hybridized carbons (Fsp3) is 0.625. The van der Waals surface area contributed by atoms with E-state index in [-0.39, 0.29) is 11.9 Å². The van der Waals surface area contributed by atoms with Crippen molar-refractivity contribution in [1.29, 1.82) is 0 Å². The zero-order chi connectivity index (χ0) is 15.4. The van der Waals surface area contributed by atoms with Gasteiger partial charge < -0.3 is 10.6 Å². The summed E-state index contributed by atoms with van der Waals surface area (Å²) >= 11 is 3.26. The van der Waals surface area contributed by atoms with Crippen LogP contribution in [0.5, 0.6) is 0 Å². The zero-order valence-corrected chi connectivity index (χ0v) is 14.4. The molecule has 0 radical (unpaired) electrons. The van der Waals surface area contributed by atoms with Crippen molar-refractivity contribution in [3.05, 3.63) is 34.1 Å². The highest BCUT2D eigenvalue weighted by Crippen LogP contribution is 2.28. The fourth-order valence-electron chi connectivity index (χ4n) is 3.15. The van der Waals surface area contributed by atoms with Crippen LogP contribution >= 0.6 is 15.9 Å². The van der Waals surface area contributed by atoms with E-state index < -0.39 is 0 Å². The van der Waals surface area contributed by atoms with Crippen molar-refractivity contribution in [1.82, 2.24) is 9.80 Å². The first-order valence-electron chi connectivity index (χ1n) is 7.66. The van der Waals surface area contributed by atoms with Crippen LogP contribution in [-0.2, 0) is 0 Å². The minimum absolute atomic E-state index is 0.139. The topological polar surface area (TPSA) is 32.5 Å². The molecule has 1 aromatic carbocycles. The first-order chi connectivity index (χ1) is 10.1. The average molecular weight is 358 g/mol. The maximum Gasteiger partial charge on any atom is 0.137 e. The molecule has 0 amide bonds. The van der Waals surface area contributed by atoms with Gasteiger partial charge in [0.25, 0.3) is 0 Å². The lowest BCUT2D eigenvalue weighted by Gasteiger charge is -2.40. The van der Waals surface area contributed by atoms with E-state index in [0.717, 1.165) is 25.2 Å². The molecule has 0 aliphatic carbocycles. The van der Waals surface area contributed by atoms with Crippen molar-refractivity contribution in [3.63, 3.8) is 0 Å². The zero-order valence-electron chi connectivity index (χ0n) is 12.9. The molecule has 1 aliphatic rings. The number of hydrogen-bond donors (Lipinski definition) is 1. The summed E-state index contributed by atoms with van der Waals surface area (Å²) in [5.41, 5.74) is 7.07. The van der Waals surface area contributed by atoms with E-state index in [1.54, 1.807) is 0 Å². The molecular weight excluding hydrogens is 333 g/mol. The van der Waals surface area contributed by atoms with Gasteiger partial charge in [0.2, 0.25) is 0 Å². The van der Waals surface area contributed by atoms with Gasteiger partial charge in [-0.25, -0.2) is 4.39 Å². The average Bonchev–Trinajstić information content (AvgIpc) is 2.51. The van der Waals surface area contributed by atoms with Crippen molar-refractivity contribution in [2.45, 2.75) is 31.8 Å². The summed E-state index contributed by atoms with van der Waals surface area (Å²) in [5.74, 6) is -0.228. The molecule has 5 heteroatoms. The van der Waals surface area contributed by atoms with Crippen LogP contribution in [0, 0.1) is 5.82 Å². The third kappa shape index (κ3) is 4.03. The van der Waals surface area contributed by atoms with Crippen LogP contribution in [0.3, 0.4) is 0 Å². The minimum atomic E-state index is -0.228. The van der Waals surface area contributed by atoms with E-state index in [1.165, 1.54) is 18.9 Å².